The van der Waals surface area contributed by atoms with Gasteiger partial charge >= 0.3 is 0 Å². The van der Waals surface area contributed by atoms with Crippen molar-refractivity contribution in [2.45, 2.75) is 0 Å². The molecule has 94 valence electrons. The Hall–Kier alpha value is -2.62. The van der Waals surface area contributed by atoms with Gasteiger partial charge in [-0.1, -0.05) is 6.07 Å². The number of hydrogen-bond acceptors (Lipinski definition) is 4. The van der Waals surface area contributed by atoms with Crippen LogP contribution in [0.2, 0.25) is 0 Å². The maximum absolute atomic E-state index is 5.71. The van der Waals surface area contributed by atoms with Gasteiger partial charge in [-0.15, -0.1) is 0 Å². The Morgan fingerprint density at radius 2 is 1.84 bits per heavy atom. The molecule has 0 aliphatic heterocycles. The molecule has 0 fully saturated rings. The van der Waals surface area contributed by atoms with E-state index in [2.05, 4.69) is 9.97 Å². The molecule has 0 N–H and O–H groups in total. The molecular weight excluding hydrogens is 240 g/mol. The number of oxazole rings is 1. The van der Waals surface area contributed by atoms with Crippen molar-refractivity contribution in [3.8, 4) is 28.7 Å². The normalized spacial score (nSPS) is 10.4. The molecule has 4 nitrogen and oxygen atoms in total. The van der Waals surface area contributed by atoms with E-state index in [-0.39, 0.29) is 0 Å². The molecule has 0 radical (unpaired) electrons. The van der Waals surface area contributed by atoms with Crippen LogP contribution in [0.1, 0.15) is 0 Å². The van der Waals surface area contributed by atoms with Crippen molar-refractivity contribution in [2.75, 3.05) is 7.11 Å². The van der Waals surface area contributed by atoms with E-state index in [1.165, 1.54) is 0 Å². The Morgan fingerprint density at radius 3 is 2.53 bits per heavy atom. The van der Waals surface area contributed by atoms with Gasteiger partial charge in [0.2, 0.25) is 5.89 Å². The molecule has 0 atom stereocenters. The molecule has 0 aliphatic carbocycles. The van der Waals surface area contributed by atoms with Crippen LogP contribution in [0.5, 0.6) is 5.75 Å². The van der Waals surface area contributed by atoms with E-state index in [9.17, 15) is 0 Å². The minimum absolute atomic E-state index is 0.573. The number of aromatic nitrogens is 2. The molecule has 0 saturated heterocycles. The topological polar surface area (TPSA) is 48.2 Å². The molecule has 1 aromatic carbocycles. The van der Waals surface area contributed by atoms with Gasteiger partial charge in [-0.2, -0.15) is 0 Å². The highest BCUT2D eigenvalue weighted by molar-refractivity contribution is 5.59. The second kappa shape index (κ2) is 4.94. The van der Waals surface area contributed by atoms with Crippen molar-refractivity contribution < 1.29 is 9.15 Å². The predicted octanol–water partition coefficient (Wildman–Crippen LogP) is 3.41. The highest BCUT2D eigenvalue weighted by Crippen LogP contribution is 2.25. The summed E-state index contributed by atoms with van der Waals surface area (Å²) in [5, 5.41) is 0. The van der Waals surface area contributed by atoms with Crippen LogP contribution in [-0.4, -0.2) is 17.1 Å². The fourth-order valence-corrected chi connectivity index (χ4v) is 1.77. The predicted molar refractivity (Wildman–Crippen MR) is 71.7 cm³/mol. The van der Waals surface area contributed by atoms with Crippen LogP contribution in [0.25, 0.3) is 22.9 Å². The fourth-order valence-electron chi connectivity index (χ4n) is 1.77. The standard InChI is InChI=1S/C15H12N2O2/c1-18-12-7-5-11(6-8-12)15-17-10-14(19-15)13-4-2-3-9-16-13/h2-10H,1H3. The molecule has 2 aromatic heterocycles. The van der Waals surface area contributed by atoms with Crippen LogP contribution >= 0.6 is 0 Å². The van der Waals surface area contributed by atoms with Gasteiger partial charge in [-0.3, -0.25) is 4.98 Å². The minimum Gasteiger partial charge on any atom is -0.497 e. The lowest BCUT2D eigenvalue weighted by atomic mass is 10.2. The Kier molecular flexibility index (Phi) is 2.98. The minimum atomic E-state index is 0.573. The zero-order chi connectivity index (χ0) is 13.1. The first-order valence-electron chi connectivity index (χ1n) is 5.88. The van der Waals surface area contributed by atoms with Crippen LogP contribution < -0.4 is 4.74 Å². The Labute approximate surface area is 110 Å². The first-order valence-corrected chi connectivity index (χ1v) is 5.88. The summed E-state index contributed by atoms with van der Waals surface area (Å²) in [5.41, 5.74) is 1.68. The van der Waals surface area contributed by atoms with E-state index in [0.29, 0.717) is 11.7 Å². The van der Waals surface area contributed by atoms with Crippen LogP contribution in [0.3, 0.4) is 0 Å². The summed E-state index contributed by atoms with van der Waals surface area (Å²) < 4.78 is 10.8. The van der Waals surface area contributed by atoms with Crippen molar-refractivity contribution in [1.82, 2.24) is 9.97 Å². The average Bonchev–Trinajstić information content (AvgIpc) is 2.98. The Morgan fingerprint density at radius 1 is 1.00 bits per heavy atom. The summed E-state index contributed by atoms with van der Waals surface area (Å²) >= 11 is 0. The van der Waals surface area contributed by atoms with E-state index in [1.54, 1.807) is 19.5 Å². The molecular formula is C15H12N2O2. The Bertz CT molecular complexity index is 660. The fraction of sp³-hybridized carbons (Fsp3) is 0.0667. The van der Waals surface area contributed by atoms with Gasteiger partial charge < -0.3 is 9.15 Å². The highest BCUT2D eigenvalue weighted by atomic mass is 16.5. The summed E-state index contributed by atoms with van der Waals surface area (Å²) in [6, 6.07) is 13.2. The van der Waals surface area contributed by atoms with Gasteiger partial charge in [-0.05, 0) is 36.4 Å². The first-order chi connectivity index (χ1) is 9.36. The van der Waals surface area contributed by atoms with Gasteiger partial charge in [0.05, 0.1) is 13.3 Å². The maximum Gasteiger partial charge on any atom is 0.226 e. The van der Waals surface area contributed by atoms with Crippen LogP contribution in [0.4, 0.5) is 0 Å². The molecule has 0 aliphatic rings. The number of benzene rings is 1. The molecule has 0 spiro atoms. The smallest absolute Gasteiger partial charge is 0.226 e. The number of hydrogen-bond donors (Lipinski definition) is 0. The number of nitrogens with zero attached hydrogens (tertiary/aromatic N) is 2. The highest BCUT2D eigenvalue weighted by Gasteiger charge is 2.08. The van der Waals surface area contributed by atoms with Gasteiger partial charge in [0, 0.05) is 11.8 Å². The lowest BCUT2D eigenvalue weighted by Gasteiger charge is -1.99. The molecule has 19 heavy (non-hydrogen) atoms. The third kappa shape index (κ3) is 2.33. The molecule has 3 rings (SSSR count). The van der Waals surface area contributed by atoms with Crippen LogP contribution in [0.15, 0.2) is 59.3 Å². The summed E-state index contributed by atoms with van der Waals surface area (Å²) in [4.78, 5) is 8.50. The Balaban J connectivity index is 1.92. The molecule has 0 unspecified atom stereocenters. The SMILES string of the molecule is COc1ccc(-c2ncc(-c3ccccn3)o2)cc1. The monoisotopic (exact) mass is 252 g/mol. The third-order valence-electron chi connectivity index (χ3n) is 2.76. The second-order valence-electron chi connectivity index (χ2n) is 3.97. The number of pyridine rings is 1. The molecule has 0 saturated carbocycles. The van der Waals surface area contributed by atoms with E-state index >= 15 is 0 Å². The van der Waals surface area contributed by atoms with Gasteiger partial charge in [0.1, 0.15) is 11.4 Å². The average molecular weight is 252 g/mol. The van der Waals surface area contributed by atoms with Gasteiger partial charge in [0.15, 0.2) is 5.76 Å². The number of methoxy groups -OCH3 is 1. The van der Waals surface area contributed by atoms with Crippen molar-refractivity contribution in [2.24, 2.45) is 0 Å². The largest absolute Gasteiger partial charge is 0.497 e. The zero-order valence-corrected chi connectivity index (χ0v) is 10.4. The quantitative estimate of drug-likeness (QED) is 0.716. The summed E-state index contributed by atoms with van der Waals surface area (Å²) in [5.74, 6) is 2.04. The van der Waals surface area contributed by atoms with E-state index in [0.717, 1.165) is 17.0 Å². The first kappa shape index (κ1) is 11.5. The van der Waals surface area contributed by atoms with Crippen molar-refractivity contribution in [3.05, 3.63) is 54.9 Å². The summed E-state index contributed by atoms with van der Waals surface area (Å²) in [7, 11) is 1.64. The maximum atomic E-state index is 5.71. The zero-order valence-electron chi connectivity index (χ0n) is 10.4. The lowest BCUT2D eigenvalue weighted by molar-refractivity contribution is 0.415. The van der Waals surface area contributed by atoms with E-state index in [4.69, 9.17) is 9.15 Å². The van der Waals surface area contributed by atoms with Crippen LogP contribution in [-0.2, 0) is 0 Å². The van der Waals surface area contributed by atoms with Gasteiger partial charge in [-0.25, -0.2) is 4.98 Å². The number of rotatable bonds is 3. The van der Waals surface area contributed by atoms with E-state index in [1.807, 2.05) is 42.5 Å². The molecule has 4 heteroatoms. The van der Waals surface area contributed by atoms with Crippen molar-refractivity contribution in [3.63, 3.8) is 0 Å². The molecule has 2 heterocycles. The summed E-state index contributed by atoms with van der Waals surface area (Å²) in [6.45, 7) is 0. The summed E-state index contributed by atoms with van der Waals surface area (Å²) in [6.07, 6.45) is 3.41. The van der Waals surface area contributed by atoms with Gasteiger partial charge in [0.25, 0.3) is 0 Å². The lowest BCUT2D eigenvalue weighted by Crippen LogP contribution is -1.82. The molecule has 0 amide bonds. The number of ether oxygens (including phenoxy) is 1. The van der Waals surface area contributed by atoms with Crippen molar-refractivity contribution in [1.29, 1.82) is 0 Å². The van der Waals surface area contributed by atoms with Crippen molar-refractivity contribution >= 4 is 0 Å². The van der Waals surface area contributed by atoms with Crippen LogP contribution in [0, 0.1) is 0 Å². The van der Waals surface area contributed by atoms with E-state index < -0.39 is 0 Å². The second-order valence-corrected chi connectivity index (χ2v) is 3.97. The molecule has 3 aromatic rings. The third-order valence-corrected chi connectivity index (χ3v) is 2.76. The molecule has 0 bridgehead atoms.